The number of benzene rings is 2. The number of amides is 1. The molecule has 0 aliphatic carbocycles. The highest BCUT2D eigenvalue weighted by molar-refractivity contribution is 7.99. The third-order valence-electron chi connectivity index (χ3n) is 4.41. The number of aromatic nitrogens is 3. The van der Waals surface area contributed by atoms with Gasteiger partial charge in [-0.25, -0.2) is 4.98 Å². The van der Waals surface area contributed by atoms with E-state index in [0.717, 1.165) is 17.1 Å². The van der Waals surface area contributed by atoms with Gasteiger partial charge in [-0.15, -0.1) is 11.8 Å². The average molecular weight is 397 g/mol. The number of aromatic amines is 1. The lowest BCUT2D eigenvalue weighted by Gasteiger charge is -2.05. The van der Waals surface area contributed by atoms with E-state index in [2.05, 4.69) is 52.5 Å². The number of hydrogen-bond donors (Lipinski definition) is 2. The van der Waals surface area contributed by atoms with Gasteiger partial charge < -0.3 is 10.1 Å². The Kier molecular flexibility index (Phi) is 6.71. The molecule has 2 aromatic carbocycles. The minimum absolute atomic E-state index is 0.00117. The zero-order chi connectivity index (χ0) is 19.9. The van der Waals surface area contributed by atoms with Crippen LogP contribution in [0.15, 0.2) is 47.4 Å². The number of hydrogen-bond acceptors (Lipinski definition) is 5. The van der Waals surface area contributed by atoms with Crippen LogP contribution < -0.4 is 10.1 Å². The summed E-state index contributed by atoms with van der Waals surface area (Å²) in [7, 11) is 1.63. The van der Waals surface area contributed by atoms with Crippen molar-refractivity contribution < 1.29 is 9.53 Å². The van der Waals surface area contributed by atoms with E-state index >= 15 is 0 Å². The van der Waals surface area contributed by atoms with Crippen molar-refractivity contribution in [2.75, 3.05) is 12.9 Å². The molecular formula is C21H24N4O2S. The Hall–Kier alpha value is -2.80. The normalized spacial score (nSPS) is 10.7. The summed E-state index contributed by atoms with van der Waals surface area (Å²) in [6.07, 6.45) is 0.455. The Morgan fingerprint density at radius 1 is 1.14 bits per heavy atom. The van der Waals surface area contributed by atoms with Gasteiger partial charge in [0.2, 0.25) is 5.91 Å². The van der Waals surface area contributed by atoms with Crippen LogP contribution in [-0.4, -0.2) is 34.0 Å². The first-order chi connectivity index (χ1) is 13.5. The van der Waals surface area contributed by atoms with Gasteiger partial charge in [-0.05, 0) is 61.4 Å². The fraction of sp³-hybridized carbons (Fsp3) is 0.286. The van der Waals surface area contributed by atoms with Crippen molar-refractivity contribution in [3.8, 4) is 17.1 Å². The second kappa shape index (κ2) is 9.41. The quantitative estimate of drug-likeness (QED) is 0.565. The molecule has 0 unspecified atom stereocenters. The second-order valence-electron chi connectivity index (χ2n) is 6.46. The van der Waals surface area contributed by atoms with E-state index in [1.807, 2.05) is 24.3 Å². The molecule has 1 heterocycles. The minimum Gasteiger partial charge on any atom is -0.497 e. The second-order valence-corrected chi connectivity index (χ2v) is 7.62. The summed E-state index contributed by atoms with van der Waals surface area (Å²) >= 11 is 1.69. The zero-order valence-electron chi connectivity index (χ0n) is 16.3. The Balaban J connectivity index is 1.44. The van der Waals surface area contributed by atoms with Crippen LogP contribution in [0.3, 0.4) is 0 Å². The van der Waals surface area contributed by atoms with Crippen LogP contribution in [0, 0.1) is 13.8 Å². The summed E-state index contributed by atoms with van der Waals surface area (Å²) in [6.45, 7) is 4.53. The smallest absolute Gasteiger partial charge is 0.221 e. The topological polar surface area (TPSA) is 79.9 Å². The van der Waals surface area contributed by atoms with Gasteiger partial charge in [0.05, 0.1) is 13.7 Å². The van der Waals surface area contributed by atoms with Crippen LogP contribution in [0.4, 0.5) is 0 Å². The summed E-state index contributed by atoms with van der Waals surface area (Å²) in [5.41, 5.74) is 3.44. The monoisotopic (exact) mass is 396 g/mol. The molecule has 1 amide bonds. The van der Waals surface area contributed by atoms with Crippen molar-refractivity contribution in [1.82, 2.24) is 20.5 Å². The number of aryl methyl sites for hydroxylation is 2. The molecule has 28 heavy (non-hydrogen) atoms. The molecule has 6 nitrogen and oxygen atoms in total. The van der Waals surface area contributed by atoms with Gasteiger partial charge in [0, 0.05) is 22.6 Å². The Morgan fingerprint density at radius 2 is 1.93 bits per heavy atom. The highest BCUT2D eigenvalue weighted by Gasteiger charge is 2.08. The molecule has 0 saturated carbocycles. The molecule has 0 aliphatic heterocycles. The Labute approximate surface area is 169 Å². The molecule has 0 fully saturated rings. The number of nitrogens with zero attached hydrogens (tertiary/aromatic N) is 2. The molecular weight excluding hydrogens is 372 g/mol. The summed E-state index contributed by atoms with van der Waals surface area (Å²) in [5, 5.41) is 9.96. The number of ether oxygens (including phenoxy) is 1. The number of rotatable bonds is 8. The highest BCUT2D eigenvalue weighted by Crippen LogP contribution is 2.22. The molecule has 146 valence electrons. The van der Waals surface area contributed by atoms with Gasteiger partial charge in [0.15, 0.2) is 5.82 Å². The standard InChI is InChI=1S/C21H24N4O2S/c1-14-4-9-18(12-15(14)2)28-11-10-20(26)22-13-19-23-21(25-24-19)16-5-7-17(27-3)8-6-16/h4-9,12H,10-11,13H2,1-3H3,(H,22,26)(H,23,24,25). The van der Waals surface area contributed by atoms with E-state index in [9.17, 15) is 4.79 Å². The summed E-state index contributed by atoms with van der Waals surface area (Å²) in [6, 6.07) is 13.9. The summed E-state index contributed by atoms with van der Waals surface area (Å²) < 4.78 is 5.15. The van der Waals surface area contributed by atoms with Gasteiger partial charge >= 0.3 is 0 Å². The van der Waals surface area contributed by atoms with Crippen molar-refractivity contribution in [2.24, 2.45) is 0 Å². The number of H-pyrrole nitrogens is 1. The molecule has 2 N–H and O–H groups in total. The first-order valence-electron chi connectivity index (χ1n) is 9.07. The Bertz CT molecular complexity index is 938. The number of carbonyl (C=O) groups is 1. The fourth-order valence-electron chi connectivity index (χ4n) is 2.58. The molecule has 3 aromatic rings. The number of carbonyl (C=O) groups excluding carboxylic acids is 1. The van der Waals surface area contributed by atoms with E-state index < -0.39 is 0 Å². The van der Waals surface area contributed by atoms with Crippen molar-refractivity contribution in [2.45, 2.75) is 31.7 Å². The molecule has 0 spiro atoms. The first-order valence-corrected chi connectivity index (χ1v) is 10.1. The summed E-state index contributed by atoms with van der Waals surface area (Å²) in [5.74, 6) is 2.74. The van der Waals surface area contributed by atoms with Crippen LogP contribution in [0.1, 0.15) is 23.4 Å². The van der Waals surface area contributed by atoms with E-state index in [4.69, 9.17) is 4.74 Å². The van der Waals surface area contributed by atoms with Gasteiger partial charge in [-0.3, -0.25) is 9.89 Å². The third kappa shape index (κ3) is 5.36. The molecule has 0 saturated heterocycles. The number of nitrogens with one attached hydrogen (secondary N) is 2. The minimum atomic E-state index is -0.00117. The van der Waals surface area contributed by atoms with Gasteiger partial charge in [0.25, 0.3) is 0 Å². The van der Waals surface area contributed by atoms with Crippen molar-refractivity contribution in [3.05, 3.63) is 59.4 Å². The maximum atomic E-state index is 12.1. The van der Waals surface area contributed by atoms with Crippen molar-refractivity contribution >= 4 is 17.7 Å². The molecule has 7 heteroatoms. The van der Waals surface area contributed by atoms with E-state index in [1.54, 1.807) is 18.9 Å². The van der Waals surface area contributed by atoms with Crippen molar-refractivity contribution in [3.63, 3.8) is 0 Å². The fourth-order valence-corrected chi connectivity index (χ4v) is 3.53. The molecule has 0 bridgehead atoms. The van der Waals surface area contributed by atoms with Gasteiger partial charge in [0.1, 0.15) is 11.6 Å². The average Bonchev–Trinajstić information content (AvgIpc) is 3.18. The maximum absolute atomic E-state index is 12.1. The van der Waals surface area contributed by atoms with Gasteiger partial charge in [-0.2, -0.15) is 5.10 Å². The first kappa shape index (κ1) is 19.9. The predicted molar refractivity (Wildman–Crippen MR) is 111 cm³/mol. The van der Waals surface area contributed by atoms with E-state index in [0.29, 0.717) is 24.6 Å². The lowest BCUT2D eigenvalue weighted by atomic mass is 10.1. The zero-order valence-corrected chi connectivity index (χ0v) is 17.1. The van der Waals surface area contributed by atoms with Crippen LogP contribution >= 0.6 is 11.8 Å². The van der Waals surface area contributed by atoms with Crippen LogP contribution in [0.5, 0.6) is 5.75 Å². The van der Waals surface area contributed by atoms with Crippen LogP contribution in [0.25, 0.3) is 11.4 Å². The molecule has 0 atom stereocenters. The molecule has 0 aliphatic rings. The summed E-state index contributed by atoms with van der Waals surface area (Å²) in [4.78, 5) is 17.7. The van der Waals surface area contributed by atoms with E-state index in [1.165, 1.54) is 16.0 Å². The maximum Gasteiger partial charge on any atom is 0.221 e. The van der Waals surface area contributed by atoms with Crippen LogP contribution in [0.2, 0.25) is 0 Å². The lowest BCUT2D eigenvalue weighted by molar-refractivity contribution is -0.120. The number of thioether (sulfide) groups is 1. The predicted octanol–water partition coefficient (Wildman–Crippen LogP) is 3.90. The van der Waals surface area contributed by atoms with Gasteiger partial charge in [-0.1, -0.05) is 6.07 Å². The third-order valence-corrected chi connectivity index (χ3v) is 5.40. The van der Waals surface area contributed by atoms with Crippen LogP contribution in [-0.2, 0) is 11.3 Å². The van der Waals surface area contributed by atoms with E-state index in [-0.39, 0.29) is 5.91 Å². The highest BCUT2D eigenvalue weighted by atomic mass is 32.2. The SMILES string of the molecule is COc1ccc(-c2n[nH]c(CNC(=O)CCSc3ccc(C)c(C)c3)n2)cc1. The lowest BCUT2D eigenvalue weighted by Crippen LogP contribution is -2.23. The molecule has 3 rings (SSSR count). The molecule has 0 radical (unpaired) electrons. The van der Waals surface area contributed by atoms with Crippen molar-refractivity contribution in [1.29, 1.82) is 0 Å². The molecule has 1 aromatic heterocycles. The largest absolute Gasteiger partial charge is 0.497 e. The Morgan fingerprint density at radius 3 is 2.64 bits per heavy atom. The number of methoxy groups -OCH3 is 1.